The zero-order chi connectivity index (χ0) is 21.1. The fourth-order valence-electron chi connectivity index (χ4n) is 3.96. The largest absolute Gasteiger partial charge is 0.352 e. The van der Waals surface area contributed by atoms with Crippen molar-refractivity contribution in [2.75, 3.05) is 13.1 Å². The normalized spacial score (nSPS) is 13.2. The molecular formula is C22H26N6O2. The van der Waals surface area contributed by atoms with Crippen LogP contribution in [0.4, 0.5) is 0 Å². The van der Waals surface area contributed by atoms with Gasteiger partial charge in [-0.3, -0.25) is 19.0 Å². The molecule has 8 heteroatoms. The number of amides is 2. The number of aromatic nitrogens is 4. The lowest BCUT2D eigenvalue weighted by Crippen LogP contribution is -2.37. The fraction of sp³-hybridized carbons (Fsp3) is 0.364. The molecule has 1 N–H and O–H groups in total. The van der Waals surface area contributed by atoms with Crippen molar-refractivity contribution in [3.05, 3.63) is 70.8 Å². The molecule has 1 aromatic carbocycles. The summed E-state index contributed by atoms with van der Waals surface area (Å²) in [6.45, 7) is 4.31. The van der Waals surface area contributed by atoms with Crippen LogP contribution in [-0.4, -0.2) is 49.4 Å². The quantitative estimate of drug-likeness (QED) is 0.677. The topological polar surface area (TPSA) is 85.1 Å². The van der Waals surface area contributed by atoms with Crippen LogP contribution in [0.15, 0.2) is 42.6 Å². The van der Waals surface area contributed by atoms with Crippen LogP contribution in [0.1, 0.15) is 44.7 Å². The summed E-state index contributed by atoms with van der Waals surface area (Å²) in [7, 11) is 1.94. The van der Waals surface area contributed by atoms with E-state index in [0.29, 0.717) is 43.9 Å². The zero-order valence-corrected chi connectivity index (χ0v) is 17.3. The summed E-state index contributed by atoms with van der Waals surface area (Å²) in [5.41, 5.74) is 4.44. The molecule has 0 atom stereocenters. The number of benzene rings is 1. The molecule has 0 saturated heterocycles. The molecule has 0 unspecified atom stereocenters. The molecule has 0 spiro atoms. The van der Waals surface area contributed by atoms with Gasteiger partial charge in [-0.25, -0.2) is 0 Å². The molecule has 156 valence electrons. The van der Waals surface area contributed by atoms with Gasteiger partial charge < -0.3 is 10.2 Å². The van der Waals surface area contributed by atoms with Gasteiger partial charge in [0.25, 0.3) is 11.8 Å². The molecule has 30 heavy (non-hydrogen) atoms. The van der Waals surface area contributed by atoms with E-state index in [0.717, 1.165) is 23.4 Å². The van der Waals surface area contributed by atoms with Crippen LogP contribution in [0, 0.1) is 0 Å². The van der Waals surface area contributed by atoms with Crippen LogP contribution in [0.5, 0.6) is 0 Å². The Morgan fingerprint density at radius 2 is 1.97 bits per heavy atom. The van der Waals surface area contributed by atoms with E-state index in [1.54, 1.807) is 29.1 Å². The highest BCUT2D eigenvalue weighted by atomic mass is 16.2. The van der Waals surface area contributed by atoms with Gasteiger partial charge in [0.1, 0.15) is 5.69 Å². The molecule has 0 saturated carbocycles. The summed E-state index contributed by atoms with van der Waals surface area (Å²) < 4.78 is 3.63. The first-order valence-corrected chi connectivity index (χ1v) is 10.3. The van der Waals surface area contributed by atoms with Crippen LogP contribution in [0.3, 0.4) is 0 Å². The number of carbonyl (C=O) groups excluding carboxylic acids is 2. The minimum atomic E-state index is -0.0926. The number of rotatable bonds is 6. The van der Waals surface area contributed by atoms with E-state index in [-0.39, 0.29) is 11.8 Å². The predicted molar refractivity (Wildman–Crippen MR) is 112 cm³/mol. The molecule has 1 aliphatic heterocycles. The summed E-state index contributed by atoms with van der Waals surface area (Å²) in [4.78, 5) is 27.1. The maximum absolute atomic E-state index is 13.0. The highest BCUT2D eigenvalue weighted by Gasteiger charge is 2.28. The van der Waals surface area contributed by atoms with E-state index < -0.39 is 0 Å². The highest BCUT2D eigenvalue weighted by Crippen LogP contribution is 2.24. The first-order chi connectivity index (χ1) is 14.6. The Balaban J connectivity index is 1.44. The van der Waals surface area contributed by atoms with Crippen LogP contribution < -0.4 is 5.32 Å². The Morgan fingerprint density at radius 3 is 2.73 bits per heavy atom. The minimum absolute atomic E-state index is 0.00724. The summed E-state index contributed by atoms with van der Waals surface area (Å²) >= 11 is 0. The highest BCUT2D eigenvalue weighted by molar-refractivity contribution is 5.94. The third kappa shape index (κ3) is 3.85. The number of nitrogens with one attached hydrogen (secondary N) is 1. The van der Waals surface area contributed by atoms with E-state index in [9.17, 15) is 9.59 Å². The van der Waals surface area contributed by atoms with Crippen molar-refractivity contribution in [1.29, 1.82) is 0 Å². The maximum atomic E-state index is 13.0. The Hall–Kier alpha value is -3.42. The summed E-state index contributed by atoms with van der Waals surface area (Å²) in [5.74, 6) is -0.0998. The summed E-state index contributed by atoms with van der Waals surface area (Å²) in [6, 6.07) is 10.9. The number of fused-ring (bicyclic) bond motifs is 1. The van der Waals surface area contributed by atoms with Crippen molar-refractivity contribution in [1.82, 2.24) is 29.8 Å². The zero-order valence-electron chi connectivity index (χ0n) is 17.3. The van der Waals surface area contributed by atoms with Crippen molar-refractivity contribution < 1.29 is 9.59 Å². The van der Waals surface area contributed by atoms with E-state index >= 15 is 0 Å². The third-order valence-electron chi connectivity index (χ3n) is 5.53. The van der Waals surface area contributed by atoms with Gasteiger partial charge in [0, 0.05) is 69.1 Å². The lowest BCUT2D eigenvalue weighted by Gasteiger charge is -2.28. The third-order valence-corrected chi connectivity index (χ3v) is 5.53. The molecule has 8 nitrogen and oxygen atoms in total. The van der Waals surface area contributed by atoms with Gasteiger partial charge in [0.15, 0.2) is 0 Å². The van der Waals surface area contributed by atoms with Crippen molar-refractivity contribution >= 4 is 11.8 Å². The Labute approximate surface area is 175 Å². The molecular weight excluding hydrogens is 380 g/mol. The van der Waals surface area contributed by atoms with Crippen LogP contribution in [-0.2, 0) is 33.0 Å². The predicted octanol–water partition coefficient (Wildman–Crippen LogP) is 1.81. The Kier molecular flexibility index (Phi) is 5.65. The van der Waals surface area contributed by atoms with Crippen molar-refractivity contribution in [3.63, 3.8) is 0 Å². The average molecular weight is 406 g/mol. The molecule has 0 fully saturated rings. The second-order valence-corrected chi connectivity index (χ2v) is 7.38. The SMILES string of the molecule is CCn1nccc1C(=O)N1CCc2c(c(CCNC(=O)c3ccccc3)nn2C)C1. The minimum Gasteiger partial charge on any atom is -0.352 e. The number of nitrogens with zero attached hydrogens (tertiary/aromatic N) is 5. The smallest absolute Gasteiger partial charge is 0.272 e. The second kappa shape index (κ2) is 8.52. The molecule has 0 bridgehead atoms. The van der Waals surface area contributed by atoms with Gasteiger partial charge in [0.05, 0.1) is 5.69 Å². The molecule has 3 aromatic rings. The van der Waals surface area contributed by atoms with E-state index in [1.165, 1.54) is 0 Å². The number of carbonyl (C=O) groups is 2. The second-order valence-electron chi connectivity index (χ2n) is 7.38. The lowest BCUT2D eigenvalue weighted by molar-refractivity contribution is 0.0720. The average Bonchev–Trinajstić information content (AvgIpc) is 3.38. The lowest BCUT2D eigenvalue weighted by atomic mass is 10.0. The van der Waals surface area contributed by atoms with Crippen molar-refractivity contribution in [2.45, 2.75) is 32.9 Å². The molecule has 3 heterocycles. The van der Waals surface area contributed by atoms with Crippen LogP contribution >= 0.6 is 0 Å². The Morgan fingerprint density at radius 1 is 1.17 bits per heavy atom. The van der Waals surface area contributed by atoms with Gasteiger partial charge in [-0.05, 0) is 25.1 Å². The van der Waals surface area contributed by atoms with Crippen LogP contribution in [0.25, 0.3) is 0 Å². The summed E-state index contributed by atoms with van der Waals surface area (Å²) in [6.07, 6.45) is 3.05. The number of hydrogen-bond acceptors (Lipinski definition) is 4. The van der Waals surface area contributed by atoms with E-state index in [1.807, 2.05) is 41.8 Å². The maximum Gasteiger partial charge on any atom is 0.272 e. The van der Waals surface area contributed by atoms with Crippen molar-refractivity contribution in [2.24, 2.45) is 7.05 Å². The van der Waals surface area contributed by atoms with E-state index in [2.05, 4.69) is 15.5 Å². The molecule has 0 aliphatic carbocycles. The standard InChI is InChI=1S/C22H26N6O2/c1-3-28-20(10-13-24-28)22(30)27-14-11-19-17(15-27)18(25-26(19)2)9-12-23-21(29)16-7-5-4-6-8-16/h4-8,10,13H,3,9,11-12,14-15H2,1-2H3,(H,23,29). The molecule has 4 rings (SSSR count). The molecule has 2 amide bonds. The first-order valence-electron chi connectivity index (χ1n) is 10.3. The summed E-state index contributed by atoms with van der Waals surface area (Å²) in [5, 5.41) is 11.8. The van der Waals surface area contributed by atoms with Crippen molar-refractivity contribution in [3.8, 4) is 0 Å². The van der Waals surface area contributed by atoms with Gasteiger partial charge in [-0.2, -0.15) is 10.2 Å². The first kappa shape index (κ1) is 19.9. The molecule has 1 aliphatic rings. The molecule has 0 radical (unpaired) electrons. The van der Waals surface area contributed by atoms with Gasteiger partial charge >= 0.3 is 0 Å². The van der Waals surface area contributed by atoms with Gasteiger partial charge in [-0.1, -0.05) is 18.2 Å². The molecule has 2 aromatic heterocycles. The van der Waals surface area contributed by atoms with Gasteiger partial charge in [0.2, 0.25) is 0 Å². The van der Waals surface area contributed by atoms with Gasteiger partial charge in [-0.15, -0.1) is 0 Å². The number of aryl methyl sites for hydroxylation is 2. The van der Waals surface area contributed by atoms with Crippen LogP contribution in [0.2, 0.25) is 0 Å². The van der Waals surface area contributed by atoms with E-state index in [4.69, 9.17) is 0 Å². The fourth-order valence-corrected chi connectivity index (χ4v) is 3.96. The monoisotopic (exact) mass is 406 g/mol. The number of hydrogen-bond donors (Lipinski definition) is 1. The Bertz CT molecular complexity index is 1050.